The Morgan fingerprint density at radius 1 is 1.18 bits per heavy atom. The number of rotatable bonds is 4. The third-order valence-corrected chi connectivity index (χ3v) is 6.28. The SMILES string of the molecule is Cc1cc(NC2CCN(C(=O)O)CC2)n2ncc(C(C)C)c2n1.O=S(=O)(O)c1ccccc1. The summed E-state index contributed by atoms with van der Waals surface area (Å²) in [5, 5.41) is 17.0. The summed E-state index contributed by atoms with van der Waals surface area (Å²) in [5.74, 6) is 1.29. The average molecular weight is 476 g/mol. The average Bonchev–Trinajstić information content (AvgIpc) is 3.19. The Morgan fingerprint density at radius 2 is 1.82 bits per heavy atom. The van der Waals surface area contributed by atoms with E-state index in [9.17, 15) is 13.2 Å². The van der Waals surface area contributed by atoms with Crippen LogP contribution < -0.4 is 5.32 Å². The monoisotopic (exact) mass is 475 g/mol. The fourth-order valence-corrected chi connectivity index (χ4v) is 4.13. The first kappa shape index (κ1) is 24.5. The summed E-state index contributed by atoms with van der Waals surface area (Å²) >= 11 is 0. The third-order valence-electron chi connectivity index (χ3n) is 5.41. The van der Waals surface area contributed by atoms with Gasteiger partial charge in [0.05, 0.1) is 11.1 Å². The number of carbonyl (C=O) groups is 1. The minimum Gasteiger partial charge on any atom is -0.465 e. The van der Waals surface area contributed by atoms with Crippen LogP contribution in [0.1, 0.15) is 43.9 Å². The van der Waals surface area contributed by atoms with E-state index in [1.807, 2.05) is 23.7 Å². The fraction of sp³-hybridized carbons (Fsp3) is 0.409. The van der Waals surface area contributed by atoms with Crippen LogP contribution in [-0.2, 0) is 10.1 Å². The first-order valence-corrected chi connectivity index (χ1v) is 12.1. The number of likely N-dealkylation sites (tertiary alicyclic amines) is 1. The van der Waals surface area contributed by atoms with Gasteiger partial charge in [-0.3, -0.25) is 4.55 Å². The maximum Gasteiger partial charge on any atom is 0.407 e. The van der Waals surface area contributed by atoms with Crippen molar-refractivity contribution >= 4 is 27.7 Å². The smallest absolute Gasteiger partial charge is 0.407 e. The predicted molar refractivity (Wildman–Crippen MR) is 124 cm³/mol. The molecule has 0 unspecified atom stereocenters. The topological polar surface area (TPSA) is 137 Å². The normalized spacial score (nSPS) is 14.8. The van der Waals surface area contributed by atoms with E-state index in [1.165, 1.54) is 17.0 Å². The van der Waals surface area contributed by atoms with E-state index in [0.717, 1.165) is 35.6 Å². The molecule has 3 heterocycles. The van der Waals surface area contributed by atoms with Crippen LogP contribution in [0.4, 0.5) is 10.6 Å². The molecule has 10 nitrogen and oxygen atoms in total. The number of piperidine rings is 1. The first-order valence-electron chi connectivity index (χ1n) is 10.7. The molecule has 1 saturated heterocycles. The summed E-state index contributed by atoms with van der Waals surface area (Å²) in [5.41, 5.74) is 2.98. The van der Waals surface area contributed by atoms with Crippen LogP contribution in [0.15, 0.2) is 47.5 Å². The number of carboxylic acid groups (broad SMARTS) is 1. The highest BCUT2D eigenvalue weighted by Crippen LogP contribution is 2.24. The third kappa shape index (κ3) is 6.20. The molecule has 4 rings (SSSR count). The molecule has 1 aliphatic heterocycles. The standard InChI is InChI=1S/C16H23N5O2.C6H6O3S/c1-10(2)13-9-17-21-14(8-11(3)18-15(13)21)19-12-4-6-20(7-5-12)16(22)23;7-10(8,9)6-4-2-1-3-5-6/h8-10,12,19H,4-7H2,1-3H3,(H,22,23);1-5H,(H,7,8,9). The molecule has 33 heavy (non-hydrogen) atoms. The Balaban J connectivity index is 0.000000257. The molecule has 0 radical (unpaired) electrons. The second-order valence-corrected chi connectivity index (χ2v) is 9.67. The molecule has 1 aromatic carbocycles. The molecular weight excluding hydrogens is 446 g/mol. The molecule has 0 atom stereocenters. The summed E-state index contributed by atoms with van der Waals surface area (Å²) in [6.45, 7) is 7.38. The van der Waals surface area contributed by atoms with Gasteiger partial charge in [-0.05, 0) is 37.8 Å². The van der Waals surface area contributed by atoms with Crippen molar-refractivity contribution in [1.29, 1.82) is 0 Å². The highest BCUT2D eigenvalue weighted by atomic mass is 32.2. The molecule has 0 saturated carbocycles. The molecule has 0 aliphatic carbocycles. The van der Waals surface area contributed by atoms with Crippen molar-refractivity contribution in [2.24, 2.45) is 0 Å². The second kappa shape index (κ2) is 10.2. The number of anilines is 1. The van der Waals surface area contributed by atoms with Crippen molar-refractivity contribution in [3.63, 3.8) is 0 Å². The van der Waals surface area contributed by atoms with Gasteiger partial charge in [0.2, 0.25) is 0 Å². The van der Waals surface area contributed by atoms with Gasteiger partial charge < -0.3 is 15.3 Å². The van der Waals surface area contributed by atoms with Crippen LogP contribution in [0.3, 0.4) is 0 Å². The molecule has 3 aromatic rings. The molecule has 1 amide bonds. The molecule has 0 spiro atoms. The number of nitrogens with one attached hydrogen (secondary N) is 1. The lowest BCUT2D eigenvalue weighted by molar-refractivity contribution is 0.133. The lowest BCUT2D eigenvalue weighted by Gasteiger charge is -2.31. The zero-order valence-electron chi connectivity index (χ0n) is 18.8. The molecule has 11 heteroatoms. The molecule has 1 fully saturated rings. The van der Waals surface area contributed by atoms with Gasteiger partial charge in [-0.15, -0.1) is 0 Å². The Kier molecular flexibility index (Phi) is 7.54. The highest BCUT2D eigenvalue weighted by molar-refractivity contribution is 7.85. The van der Waals surface area contributed by atoms with Gasteiger partial charge in [-0.1, -0.05) is 32.0 Å². The van der Waals surface area contributed by atoms with Crippen molar-refractivity contribution in [2.45, 2.75) is 50.5 Å². The van der Waals surface area contributed by atoms with Gasteiger partial charge in [-0.2, -0.15) is 18.0 Å². The maximum atomic E-state index is 11.0. The number of benzene rings is 1. The Hall–Kier alpha value is -3.18. The fourth-order valence-electron chi connectivity index (χ4n) is 3.63. The zero-order valence-corrected chi connectivity index (χ0v) is 19.7. The summed E-state index contributed by atoms with van der Waals surface area (Å²) in [7, 11) is -4.00. The number of hydrogen-bond acceptors (Lipinski definition) is 6. The van der Waals surface area contributed by atoms with Crippen LogP contribution in [0.2, 0.25) is 0 Å². The van der Waals surface area contributed by atoms with Crippen LogP contribution in [0, 0.1) is 6.92 Å². The predicted octanol–water partition coefficient (Wildman–Crippen LogP) is 3.65. The van der Waals surface area contributed by atoms with Gasteiger partial charge in [-0.25, -0.2) is 9.78 Å². The summed E-state index contributed by atoms with van der Waals surface area (Å²) < 4.78 is 31.1. The van der Waals surface area contributed by atoms with E-state index in [2.05, 4.69) is 29.2 Å². The van der Waals surface area contributed by atoms with E-state index >= 15 is 0 Å². The number of amides is 1. The largest absolute Gasteiger partial charge is 0.465 e. The van der Waals surface area contributed by atoms with E-state index in [0.29, 0.717) is 19.0 Å². The molecule has 3 N–H and O–H groups in total. The van der Waals surface area contributed by atoms with Crippen LogP contribution in [0.5, 0.6) is 0 Å². The minimum atomic E-state index is -4.00. The first-order chi connectivity index (χ1) is 15.6. The number of hydrogen-bond donors (Lipinski definition) is 3. The number of aryl methyl sites for hydroxylation is 1. The van der Waals surface area contributed by atoms with Gasteiger partial charge >= 0.3 is 6.09 Å². The van der Waals surface area contributed by atoms with Crippen molar-refractivity contribution < 1.29 is 22.9 Å². The minimum absolute atomic E-state index is 0.0741. The van der Waals surface area contributed by atoms with Crippen LogP contribution in [-0.4, -0.2) is 62.8 Å². The number of fused-ring (bicyclic) bond motifs is 1. The second-order valence-electron chi connectivity index (χ2n) is 8.25. The molecule has 2 aromatic heterocycles. The summed E-state index contributed by atoms with van der Waals surface area (Å²) in [6, 6.07) is 9.67. The Morgan fingerprint density at radius 3 is 2.33 bits per heavy atom. The van der Waals surface area contributed by atoms with E-state index in [-0.39, 0.29) is 10.9 Å². The van der Waals surface area contributed by atoms with Crippen molar-refractivity contribution in [3.05, 3.63) is 53.9 Å². The lowest BCUT2D eigenvalue weighted by atomic mass is 10.1. The summed E-state index contributed by atoms with van der Waals surface area (Å²) in [4.78, 5) is 17.0. The van der Waals surface area contributed by atoms with E-state index in [4.69, 9.17) is 9.66 Å². The maximum absolute atomic E-state index is 11.0. The highest BCUT2D eigenvalue weighted by Gasteiger charge is 2.23. The summed E-state index contributed by atoms with van der Waals surface area (Å²) in [6.07, 6.45) is 2.64. The van der Waals surface area contributed by atoms with Gasteiger partial charge in [0, 0.05) is 36.5 Å². The number of nitrogens with zero attached hydrogens (tertiary/aromatic N) is 4. The molecule has 0 bridgehead atoms. The van der Waals surface area contributed by atoms with Gasteiger partial charge in [0.15, 0.2) is 5.65 Å². The van der Waals surface area contributed by atoms with Gasteiger partial charge in [0.1, 0.15) is 5.82 Å². The van der Waals surface area contributed by atoms with Crippen molar-refractivity contribution in [2.75, 3.05) is 18.4 Å². The van der Waals surface area contributed by atoms with E-state index in [1.54, 1.807) is 18.2 Å². The Bertz CT molecular complexity index is 1200. The van der Waals surface area contributed by atoms with Crippen molar-refractivity contribution in [1.82, 2.24) is 19.5 Å². The van der Waals surface area contributed by atoms with Gasteiger partial charge in [0.25, 0.3) is 10.1 Å². The van der Waals surface area contributed by atoms with Crippen LogP contribution in [0.25, 0.3) is 5.65 Å². The molecule has 1 aliphatic rings. The molecular formula is C22H29N5O5S. The van der Waals surface area contributed by atoms with Crippen molar-refractivity contribution in [3.8, 4) is 0 Å². The van der Waals surface area contributed by atoms with E-state index < -0.39 is 16.2 Å². The molecule has 178 valence electrons. The number of aromatic nitrogens is 3. The Labute approximate surface area is 193 Å². The quantitative estimate of drug-likeness (QED) is 0.486. The van der Waals surface area contributed by atoms with Crippen LogP contribution >= 0.6 is 0 Å². The zero-order chi connectivity index (χ0) is 24.2. The lowest BCUT2D eigenvalue weighted by Crippen LogP contribution is -2.41.